The fourth-order valence-electron chi connectivity index (χ4n) is 2.77. The number of aromatic amines is 1. The molecule has 0 spiro atoms. The van der Waals surface area contributed by atoms with Crippen LogP contribution in [0.5, 0.6) is 0 Å². The van der Waals surface area contributed by atoms with Gasteiger partial charge in [-0.2, -0.15) is 0 Å². The van der Waals surface area contributed by atoms with Gasteiger partial charge >= 0.3 is 0 Å². The fraction of sp³-hybridized carbons (Fsp3) is 0.222. The van der Waals surface area contributed by atoms with Gasteiger partial charge < -0.3 is 10.7 Å². The molecular formula is C18H19BrN2. The molecule has 2 nitrogen and oxygen atoms in total. The first kappa shape index (κ1) is 14.4. The number of benzene rings is 2. The molecule has 0 aliphatic heterocycles. The van der Waals surface area contributed by atoms with Crippen LogP contribution in [0.3, 0.4) is 0 Å². The number of nitrogens with two attached hydrogens (primary N) is 1. The van der Waals surface area contributed by atoms with E-state index in [1.54, 1.807) is 0 Å². The normalized spacial score (nSPS) is 11.1. The maximum Gasteiger partial charge on any atom is 0.0497 e. The van der Waals surface area contributed by atoms with Crippen LogP contribution in [0.2, 0.25) is 0 Å². The van der Waals surface area contributed by atoms with E-state index in [4.69, 9.17) is 5.73 Å². The molecule has 0 radical (unpaired) electrons. The van der Waals surface area contributed by atoms with Gasteiger partial charge in [-0.15, -0.1) is 0 Å². The molecule has 0 aliphatic carbocycles. The Morgan fingerprint density at radius 1 is 0.952 bits per heavy atom. The van der Waals surface area contributed by atoms with Gasteiger partial charge in [0.05, 0.1) is 0 Å². The summed E-state index contributed by atoms with van der Waals surface area (Å²) in [7, 11) is 0. The van der Waals surface area contributed by atoms with Crippen molar-refractivity contribution in [3.05, 3.63) is 58.6 Å². The number of halogens is 1. The van der Waals surface area contributed by atoms with Gasteiger partial charge in [0.25, 0.3) is 0 Å². The Morgan fingerprint density at radius 3 is 2.48 bits per heavy atom. The lowest BCUT2D eigenvalue weighted by Crippen LogP contribution is -1.99. The molecule has 3 heteroatoms. The number of H-pyrrole nitrogens is 1. The largest absolute Gasteiger partial charge is 0.354 e. The predicted octanol–water partition coefficient (Wildman–Crippen LogP) is 4.88. The summed E-state index contributed by atoms with van der Waals surface area (Å²) in [5.41, 5.74) is 10.7. The van der Waals surface area contributed by atoms with Crippen molar-refractivity contribution in [1.29, 1.82) is 0 Å². The van der Waals surface area contributed by atoms with E-state index in [-0.39, 0.29) is 0 Å². The second-order valence-corrected chi connectivity index (χ2v) is 6.19. The molecule has 21 heavy (non-hydrogen) atoms. The van der Waals surface area contributed by atoms with Crippen LogP contribution in [0, 0.1) is 0 Å². The highest BCUT2D eigenvalue weighted by atomic mass is 79.9. The van der Waals surface area contributed by atoms with Crippen LogP contribution in [0.25, 0.3) is 22.2 Å². The van der Waals surface area contributed by atoms with E-state index < -0.39 is 0 Å². The van der Waals surface area contributed by atoms with E-state index in [0.717, 1.165) is 30.3 Å². The van der Waals surface area contributed by atoms with Crippen molar-refractivity contribution in [1.82, 2.24) is 4.98 Å². The molecule has 3 rings (SSSR count). The van der Waals surface area contributed by atoms with Crippen LogP contribution >= 0.6 is 15.9 Å². The number of para-hydroxylation sites is 1. The Morgan fingerprint density at radius 2 is 1.71 bits per heavy atom. The van der Waals surface area contributed by atoms with E-state index in [9.17, 15) is 0 Å². The van der Waals surface area contributed by atoms with Gasteiger partial charge in [-0.05, 0) is 55.1 Å². The third-order valence-electron chi connectivity index (χ3n) is 3.83. The lowest BCUT2D eigenvalue weighted by molar-refractivity contribution is 0.748. The number of hydrogen-bond donors (Lipinski definition) is 2. The Kier molecular flexibility index (Phi) is 4.42. The second-order valence-electron chi connectivity index (χ2n) is 5.28. The molecule has 1 aromatic heterocycles. The third kappa shape index (κ3) is 3.04. The summed E-state index contributed by atoms with van der Waals surface area (Å²) in [4.78, 5) is 3.58. The van der Waals surface area contributed by atoms with E-state index in [0.29, 0.717) is 0 Å². The maximum absolute atomic E-state index is 5.63. The van der Waals surface area contributed by atoms with Gasteiger partial charge in [-0.1, -0.05) is 46.3 Å². The lowest BCUT2D eigenvalue weighted by Gasteiger charge is -2.05. The van der Waals surface area contributed by atoms with E-state index in [1.165, 1.54) is 27.7 Å². The SMILES string of the molecule is NCCCCc1c(-c2ccc(Br)cc2)[nH]c2ccccc12. The van der Waals surface area contributed by atoms with Crippen molar-refractivity contribution in [2.24, 2.45) is 5.73 Å². The van der Waals surface area contributed by atoms with Gasteiger partial charge in [0.15, 0.2) is 0 Å². The topological polar surface area (TPSA) is 41.8 Å². The number of unbranched alkanes of at least 4 members (excludes halogenated alkanes) is 1. The highest BCUT2D eigenvalue weighted by Crippen LogP contribution is 2.32. The molecule has 1 heterocycles. The summed E-state index contributed by atoms with van der Waals surface area (Å²) in [6, 6.07) is 17.0. The highest BCUT2D eigenvalue weighted by molar-refractivity contribution is 9.10. The van der Waals surface area contributed by atoms with E-state index >= 15 is 0 Å². The van der Waals surface area contributed by atoms with E-state index in [1.807, 2.05) is 0 Å². The zero-order valence-electron chi connectivity index (χ0n) is 11.9. The van der Waals surface area contributed by atoms with Crippen molar-refractivity contribution < 1.29 is 0 Å². The van der Waals surface area contributed by atoms with Crippen molar-refractivity contribution in [2.75, 3.05) is 6.54 Å². The quantitative estimate of drug-likeness (QED) is 0.637. The number of nitrogens with one attached hydrogen (secondary N) is 1. The van der Waals surface area contributed by atoms with Gasteiger partial charge in [-0.3, -0.25) is 0 Å². The second kappa shape index (κ2) is 6.46. The third-order valence-corrected chi connectivity index (χ3v) is 4.36. The number of aromatic nitrogens is 1. The highest BCUT2D eigenvalue weighted by Gasteiger charge is 2.12. The number of rotatable bonds is 5. The van der Waals surface area contributed by atoms with Gasteiger partial charge in [0.2, 0.25) is 0 Å². The first-order valence-electron chi connectivity index (χ1n) is 7.35. The Hall–Kier alpha value is -1.58. The monoisotopic (exact) mass is 342 g/mol. The van der Waals surface area contributed by atoms with Crippen molar-refractivity contribution in [2.45, 2.75) is 19.3 Å². The Labute approximate surface area is 133 Å². The van der Waals surface area contributed by atoms with Crippen molar-refractivity contribution in [3.8, 4) is 11.3 Å². The zero-order chi connectivity index (χ0) is 14.7. The van der Waals surface area contributed by atoms with Crippen LogP contribution in [-0.2, 0) is 6.42 Å². The molecule has 0 amide bonds. The molecule has 3 N–H and O–H groups in total. The van der Waals surface area contributed by atoms with Crippen LogP contribution in [0.4, 0.5) is 0 Å². The molecule has 0 saturated carbocycles. The summed E-state index contributed by atoms with van der Waals surface area (Å²) >= 11 is 3.50. The first-order chi connectivity index (χ1) is 10.3. The molecule has 2 aromatic carbocycles. The first-order valence-corrected chi connectivity index (χ1v) is 8.14. The van der Waals surface area contributed by atoms with Crippen molar-refractivity contribution in [3.63, 3.8) is 0 Å². The Balaban J connectivity index is 2.07. The smallest absolute Gasteiger partial charge is 0.0497 e. The summed E-state index contributed by atoms with van der Waals surface area (Å²) in [5, 5.41) is 1.33. The molecule has 0 aliphatic rings. The van der Waals surface area contributed by atoms with Gasteiger partial charge in [-0.25, -0.2) is 0 Å². The zero-order valence-corrected chi connectivity index (χ0v) is 13.5. The molecule has 0 saturated heterocycles. The average molecular weight is 343 g/mol. The molecule has 0 unspecified atom stereocenters. The average Bonchev–Trinajstić information content (AvgIpc) is 2.87. The number of aryl methyl sites for hydroxylation is 1. The summed E-state index contributed by atoms with van der Waals surface area (Å²) in [5.74, 6) is 0. The predicted molar refractivity (Wildman–Crippen MR) is 93.4 cm³/mol. The maximum atomic E-state index is 5.63. The molecule has 0 bridgehead atoms. The van der Waals surface area contributed by atoms with Gasteiger partial charge in [0, 0.05) is 21.1 Å². The van der Waals surface area contributed by atoms with Crippen molar-refractivity contribution >= 4 is 26.8 Å². The summed E-state index contributed by atoms with van der Waals surface area (Å²) in [6.07, 6.45) is 3.26. The molecule has 3 aromatic rings. The van der Waals surface area contributed by atoms with Crippen LogP contribution in [0.1, 0.15) is 18.4 Å². The molecule has 0 fully saturated rings. The summed E-state index contributed by atoms with van der Waals surface area (Å²) in [6.45, 7) is 0.760. The minimum Gasteiger partial charge on any atom is -0.354 e. The summed E-state index contributed by atoms with van der Waals surface area (Å²) < 4.78 is 1.10. The standard InChI is InChI=1S/C18H19BrN2/c19-14-10-8-13(9-11-14)18-16(6-3-4-12-20)15-5-1-2-7-17(15)21-18/h1-2,5,7-11,21H,3-4,6,12,20H2. The van der Waals surface area contributed by atoms with Crippen LogP contribution < -0.4 is 5.73 Å². The number of fused-ring (bicyclic) bond motifs is 1. The van der Waals surface area contributed by atoms with Crippen LogP contribution in [0.15, 0.2) is 53.0 Å². The molecule has 108 valence electrons. The minimum absolute atomic E-state index is 0.760. The molecular weight excluding hydrogens is 324 g/mol. The fourth-order valence-corrected chi connectivity index (χ4v) is 3.03. The van der Waals surface area contributed by atoms with E-state index in [2.05, 4.69) is 69.4 Å². The minimum atomic E-state index is 0.760. The Bertz CT molecular complexity index is 729. The van der Waals surface area contributed by atoms with Gasteiger partial charge in [0.1, 0.15) is 0 Å². The lowest BCUT2D eigenvalue weighted by atomic mass is 10.0. The molecule has 0 atom stereocenters. The number of hydrogen-bond acceptors (Lipinski definition) is 1. The van der Waals surface area contributed by atoms with Crippen LogP contribution in [-0.4, -0.2) is 11.5 Å².